The van der Waals surface area contributed by atoms with Gasteiger partial charge in [0, 0.05) is 29.3 Å². The minimum Gasteiger partial charge on any atom is -0.393 e. The van der Waals surface area contributed by atoms with Crippen molar-refractivity contribution in [2.45, 2.75) is 37.7 Å². The third kappa shape index (κ3) is 2.44. The topological polar surface area (TPSA) is 46.0 Å². The van der Waals surface area contributed by atoms with Gasteiger partial charge in [0.1, 0.15) is 0 Å². The molecule has 0 amide bonds. The van der Waals surface area contributed by atoms with Crippen LogP contribution in [0.2, 0.25) is 0 Å². The molecule has 3 nitrogen and oxygen atoms in total. The molecule has 2 heterocycles. The van der Waals surface area contributed by atoms with Gasteiger partial charge in [0.25, 0.3) is 0 Å². The highest BCUT2D eigenvalue weighted by Gasteiger charge is 2.23. The summed E-state index contributed by atoms with van der Waals surface area (Å²) in [6.45, 7) is 0. The number of thiazole rings is 1. The number of hydrogen-bond donors (Lipinski definition) is 1. The zero-order valence-electron chi connectivity index (χ0n) is 10.1. The number of aliphatic hydroxyl groups excluding tert-OH is 1. The minimum absolute atomic E-state index is 0.0964. The van der Waals surface area contributed by atoms with E-state index < -0.39 is 0 Å². The predicted molar refractivity (Wildman–Crippen MR) is 72.6 cm³/mol. The Labute approximate surface area is 111 Å². The van der Waals surface area contributed by atoms with Crippen molar-refractivity contribution >= 4 is 11.3 Å². The van der Waals surface area contributed by atoms with E-state index in [0.29, 0.717) is 5.92 Å². The molecule has 1 saturated carbocycles. The molecule has 4 heteroatoms. The summed E-state index contributed by atoms with van der Waals surface area (Å²) in [5, 5.41) is 12.9. The van der Waals surface area contributed by atoms with Gasteiger partial charge in [-0.15, -0.1) is 11.3 Å². The summed E-state index contributed by atoms with van der Waals surface area (Å²) in [6, 6.07) is 3.98. The lowest BCUT2D eigenvalue weighted by Crippen LogP contribution is -2.16. The quantitative estimate of drug-likeness (QED) is 0.901. The van der Waals surface area contributed by atoms with Gasteiger partial charge >= 0.3 is 0 Å². The van der Waals surface area contributed by atoms with Crippen LogP contribution < -0.4 is 0 Å². The molecular weight excluding hydrogens is 244 g/mol. The van der Waals surface area contributed by atoms with E-state index in [0.717, 1.165) is 36.9 Å². The molecule has 0 radical (unpaired) electrons. The average Bonchev–Trinajstić information content (AvgIpc) is 2.90. The highest BCUT2D eigenvalue weighted by Crippen LogP contribution is 2.35. The summed E-state index contributed by atoms with van der Waals surface area (Å²) in [5.41, 5.74) is 2.17. The maximum atomic E-state index is 9.53. The van der Waals surface area contributed by atoms with Crippen LogP contribution in [0.1, 0.15) is 36.6 Å². The Hall–Kier alpha value is -1.26. The average molecular weight is 260 g/mol. The second kappa shape index (κ2) is 5.16. The standard InChI is InChI=1S/C14H16N2OS/c17-12-3-1-11(2-4-12)14-16-13(9-18-14)10-5-7-15-8-6-10/h5-9,11-12,17H,1-4H2. The van der Waals surface area contributed by atoms with Crippen LogP contribution in [0.4, 0.5) is 0 Å². The Morgan fingerprint density at radius 3 is 2.56 bits per heavy atom. The third-order valence-corrected chi connectivity index (χ3v) is 4.55. The molecule has 2 aromatic heterocycles. The monoisotopic (exact) mass is 260 g/mol. The molecule has 18 heavy (non-hydrogen) atoms. The van der Waals surface area contributed by atoms with Gasteiger partial charge in [-0.25, -0.2) is 4.98 Å². The van der Waals surface area contributed by atoms with E-state index in [2.05, 4.69) is 10.4 Å². The summed E-state index contributed by atoms with van der Waals surface area (Å²) in [6.07, 6.45) is 7.44. The lowest BCUT2D eigenvalue weighted by molar-refractivity contribution is 0.122. The van der Waals surface area contributed by atoms with Crippen molar-refractivity contribution in [2.75, 3.05) is 0 Å². The fraction of sp³-hybridized carbons (Fsp3) is 0.429. The van der Waals surface area contributed by atoms with Crippen molar-refractivity contribution in [3.63, 3.8) is 0 Å². The van der Waals surface area contributed by atoms with Crippen molar-refractivity contribution in [3.05, 3.63) is 34.9 Å². The van der Waals surface area contributed by atoms with Gasteiger partial charge in [-0.2, -0.15) is 0 Å². The third-order valence-electron chi connectivity index (χ3n) is 3.54. The molecule has 1 fully saturated rings. The summed E-state index contributed by atoms with van der Waals surface area (Å²) in [5.74, 6) is 0.536. The molecule has 94 valence electrons. The Morgan fingerprint density at radius 2 is 1.83 bits per heavy atom. The molecule has 0 aromatic carbocycles. The van der Waals surface area contributed by atoms with Crippen molar-refractivity contribution < 1.29 is 5.11 Å². The van der Waals surface area contributed by atoms with Gasteiger partial charge in [0.05, 0.1) is 16.8 Å². The van der Waals surface area contributed by atoms with E-state index in [4.69, 9.17) is 4.98 Å². The lowest BCUT2D eigenvalue weighted by atomic mass is 9.88. The normalized spacial score (nSPS) is 24.1. The zero-order valence-corrected chi connectivity index (χ0v) is 10.9. The molecule has 3 rings (SSSR count). The highest BCUT2D eigenvalue weighted by molar-refractivity contribution is 7.10. The number of pyridine rings is 1. The zero-order chi connectivity index (χ0) is 12.4. The number of rotatable bonds is 2. The van der Waals surface area contributed by atoms with Crippen LogP contribution >= 0.6 is 11.3 Å². The molecule has 1 N–H and O–H groups in total. The van der Waals surface area contributed by atoms with Gasteiger partial charge < -0.3 is 5.11 Å². The van der Waals surface area contributed by atoms with Crippen LogP contribution in [0.15, 0.2) is 29.9 Å². The van der Waals surface area contributed by atoms with Crippen LogP contribution in [0.25, 0.3) is 11.3 Å². The van der Waals surface area contributed by atoms with Gasteiger partial charge in [-0.3, -0.25) is 4.98 Å². The van der Waals surface area contributed by atoms with Gasteiger partial charge in [-0.1, -0.05) is 0 Å². The van der Waals surface area contributed by atoms with Crippen LogP contribution in [0.3, 0.4) is 0 Å². The SMILES string of the molecule is OC1CCC(c2nc(-c3ccncc3)cs2)CC1. The van der Waals surface area contributed by atoms with Crippen LogP contribution in [0.5, 0.6) is 0 Å². The van der Waals surface area contributed by atoms with E-state index in [1.165, 1.54) is 5.01 Å². The molecule has 1 aliphatic carbocycles. The Balaban J connectivity index is 1.78. The molecule has 1 aliphatic rings. The van der Waals surface area contributed by atoms with Crippen molar-refractivity contribution in [1.29, 1.82) is 0 Å². The molecule has 0 atom stereocenters. The van der Waals surface area contributed by atoms with E-state index in [9.17, 15) is 5.11 Å². The van der Waals surface area contributed by atoms with Gasteiger partial charge in [0.15, 0.2) is 0 Å². The molecule has 0 unspecified atom stereocenters. The van der Waals surface area contributed by atoms with E-state index in [1.54, 1.807) is 23.7 Å². The first-order chi connectivity index (χ1) is 8.83. The van der Waals surface area contributed by atoms with Crippen LogP contribution in [0, 0.1) is 0 Å². The first-order valence-electron chi connectivity index (χ1n) is 6.37. The van der Waals surface area contributed by atoms with Gasteiger partial charge in [-0.05, 0) is 37.8 Å². The van der Waals surface area contributed by atoms with E-state index in [1.807, 2.05) is 12.1 Å². The first kappa shape index (κ1) is 11.8. The second-order valence-electron chi connectivity index (χ2n) is 4.81. The van der Waals surface area contributed by atoms with Crippen molar-refractivity contribution in [3.8, 4) is 11.3 Å². The fourth-order valence-electron chi connectivity index (χ4n) is 2.45. The summed E-state index contributed by atoms with van der Waals surface area (Å²) < 4.78 is 0. The Kier molecular flexibility index (Phi) is 3.39. The van der Waals surface area contributed by atoms with E-state index in [-0.39, 0.29) is 6.10 Å². The molecular formula is C14H16N2OS. The Bertz CT molecular complexity index is 504. The molecule has 2 aromatic rings. The smallest absolute Gasteiger partial charge is 0.0963 e. The highest BCUT2D eigenvalue weighted by atomic mass is 32.1. The predicted octanol–water partition coefficient (Wildman–Crippen LogP) is 3.22. The fourth-order valence-corrected chi connectivity index (χ4v) is 3.45. The first-order valence-corrected chi connectivity index (χ1v) is 7.25. The summed E-state index contributed by atoms with van der Waals surface area (Å²) >= 11 is 1.74. The largest absolute Gasteiger partial charge is 0.393 e. The maximum Gasteiger partial charge on any atom is 0.0963 e. The van der Waals surface area contributed by atoms with Gasteiger partial charge in [0.2, 0.25) is 0 Å². The number of aromatic nitrogens is 2. The lowest BCUT2D eigenvalue weighted by Gasteiger charge is -2.23. The summed E-state index contributed by atoms with van der Waals surface area (Å²) in [4.78, 5) is 8.76. The minimum atomic E-state index is -0.0964. The molecule has 0 saturated heterocycles. The van der Waals surface area contributed by atoms with E-state index >= 15 is 0 Å². The van der Waals surface area contributed by atoms with Crippen LogP contribution in [-0.4, -0.2) is 21.2 Å². The number of aliphatic hydroxyl groups is 1. The Morgan fingerprint density at radius 1 is 1.11 bits per heavy atom. The molecule has 0 aliphatic heterocycles. The van der Waals surface area contributed by atoms with Crippen LogP contribution in [-0.2, 0) is 0 Å². The number of hydrogen-bond acceptors (Lipinski definition) is 4. The van der Waals surface area contributed by atoms with Crippen molar-refractivity contribution in [1.82, 2.24) is 9.97 Å². The summed E-state index contributed by atoms with van der Waals surface area (Å²) in [7, 11) is 0. The number of nitrogens with zero attached hydrogens (tertiary/aromatic N) is 2. The molecule has 0 spiro atoms. The maximum absolute atomic E-state index is 9.53. The van der Waals surface area contributed by atoms with Crippen molar-refractivity contribution in [2.24, 2.45) is 0 Å². The molecule has 0 bridgehead atoms. The second-order valence-corrected chi connectivity index (χ2v) is 5.70.